The summed E-state index contributed by atoms with van der Waals surface area (Å²) in [5.74, 6) is -1.04. The fourth-order valence-corrected chi connectivity index (χ4v) is 1.21. The van der Waals surface area contributed by atoms with Crippen LogP contribution in [-0.2, 0) is 14.9 Å². The molecule has 1 N–H and O–H groups in total. The molecule has 6 nitrogen and oxygen atoms in total. The summed E-state index contributed by atoms with van der Waals surface area (Å²) < 4.78 is 38.7. The third-order valence-corrected chi connectivity index (χ3v) is 2.04. The fourth-order valence-electron chi connectivity index (χ4n) is 0.771. The lowest BCUT2D eigenvalue weighted by Crippen LogP contribution is -2.03. The lowest BCUT2D eigenvalue weighted by molar-refractivity contribution is 0.0484. The van der Waals surface area contributed by atoms with E-state index in [9.17, 15) is 13.2 Å². The maximum atomic E-state index is 11.0. The molecule has 0 aliphatic rings. The Balaban J connectivity index is 2.94. The van der Waals surface area contributed by atoms with Crippen LogP contribution in [0.1, 0.15) is 17.5 Å². The SMILES string of the molecule is CCOC(=O)c1ccc(S(=O)(=O)O)o1. The molecule has 14 heavy (non-hydrogen) atoms. The van der Waals surface area contributed by atoms with Gasteiger partial charge in [-0.15, -0.1) is 0 Å². The number of rotatable bonds is 3. The standard InChI is InChI=1S/C7H8O6S/c1-2-12-7(8)5-3-4-6(13-5)14(9,10)11/h3-4H,2H2,1H3,(H,9,10,11). The Bertz CT molecular complexity index is 429. The molecule has 0 aliphatic carbocycles. The van der Waals surface area contributed by atoms with Gasteiger partial charge in [0.25, 0.3) is 0 Å². The van der Waals surface area contributed by atoms with Crippen molar-refractivity contribution < 1.29 is 26.9 Å². The van der Waals surface area contributed by atoms with Gasteiger partial charge in [-0.1, -0.05) is 0 Å². The van der Waals surface area contributed by atoms with Gasteiger partial charge >= 0.3 is 16.1 Å². The minimum absolute atomic E-state index is 0.154. The van der Waals surface area contributed by atoms with Crippen LogP contribution in [0.5, 0.6) is 0 Å². The monoisotopic (exact) mass is 220 g/mol. The van der Waals surface area contributed by atoms with E-state index in [1.54, 1.807) is 6.92 Å². The van der Waals surface area contributed by atoms with E-state index in [0.717, 1.165) is 12.1 Å². The largest absolute Gasteiger partial charge is 0.460 e. The van der Waals surface area contributed by atoms with Gasteiger partial charge in [0.15, 0.2) is 0 Å². The van der Waals surface area contributed by atoms with Gasteiger partial charge in [0, 0.05) is 0 Å². The van der Waals surface area contributed by atoms with Crippen LogP contribution in [0.3, 0.4) is 0 Å². The highest BCUT2D eigenvalue weighted by Gasteiger charge is 2.18. The lowest BCUT2D eigenvalue weighted by Gasteiger charge is -1.96. The number of hydrogen-bond acceptors (Lipinski definition) is 5. The molecule has 0 atom stereocenters. The maximum Gasteiger partial charge on any atom is 0.374 e. The first-order valence-electron chi connectivity index (χ1n) is 3.69. The van der Waals surface area contributed by atoms with Crippen molar-refractivity contribution in [3.63, 3.8) is 0 Å². The van der Waals surface area contributed by atoms with E-state index in [0.29, 0.717) is 0 Å². The molecule has 0 spiro atoms. The molecule has 78 valence electrons. The van der Waals surface area contributed by atoms with Gasteiger partial charge in [-0.25, -0.2) is 4.79 Å². The van der Waals surface area contributed by atoms with Crippen molar-refractivity contribution in [2.24, 2.45) is 0 Å². The predicted molar refractivity (Wildman–Crippen MR) is 44.5 cm³/mol. The smallest absolute Gasteiger partial charge is 0.374 e. The number of carbonyl (C=O) groups is 1. The molecule has 1 aromatic rings. The van der Waals surface area contributed by atoms with Gasteiger partial charge in [-0.2, -0.15) is 8.42 Å². The van der Waals surface area contributed by atoms with E-state index in [1.807, 2.05) is 0 Å². The van der Waals surface area contributed by atoms with E-state index >= 15 is 0 Å². The third-order valence-electron chi connectivity index (χ3n) is 1.31. The summed E-state index contributed by atoms with van der Waals surface area (Å²) in [6.07, 6.45) is 0. The minimum Gasteiger partial charge on any atom is -0.460 e. The van der Waals surface area contributed by atoms with Crippen LogP contribution in [0.2, 0.25) is 0 Å². The highest BCUT2D eigenvalue weighted by Crippen LogP contribution is 2.13. The molecule has 0 radical (unpaired) electrons. The quantitative estimate of drug-likeness (QED) is 0.595. The first-order valence-corrected chi connectivity index (χ1v) is 5.13. The topological polar surface area (TPSA) is 93.8 Å². The van der Waals surface area contributed by atoms with Crippen LogP contribution in [0, 0.1) is 0 Å². The van der Waals surface area contributed by atoms with Crippen LogP contribution in [-0.4, -0.2) is 25.5 Å². The first kappa shape index (κ1) is 10.7. The van der Waals surface area contributed by atoms with Gasteiger partial charge in [-0.05, 0) is 19.1 Å². The molecule has 7 heteroatoms. The summed E-state index contributed by atoms with van der Waals surface area (Å²) in [5, 5.41) is -0.680. The van der Waals surface area contributed by atoms with E-state index in [4.69, 9.17) is 4.55 Å². The summed E-state index contributed by atoms with van der Waals surface area (Å²) in [4.78, 5) is 11.0. The molecular formula is C7H8O6S. The summed E-state index contributed by atoms with van der Waals surface area (Å²) in [6, 6.07) is 2.09. The molecule has 0 bridgehead atoms. The zero-order valence-electron chi connectivity index (χ0n) is 7.26. The molecular weight excluding hydrogens is 212 g/mol. The number of carbonyl (C=O) groups excluding carboxylic acids is 1. The van der Waals surface area contributed by atoms with E-state index < -0.39 is 21.2 Å². The minimum atomic E-state index is -4.40. The third kappa shape index (κ3) is 2.33. The molecule has 0 unspecified atom stereocenters. The number of ether oxygens (including phenoxy) is 1. The van der Waals surface area contributed by atoms with Gasteiger partial charge in [0.05, 0.1) is 6.61 Å². The van der Waals surface area contributed by atoms with E-state index in [2.05, 4.69) is 9.15 Å². The molecule has 0 saturated carbocycles. The Kier molecular flexibility index (Phi) is 2.92. The highest BCUT2D eigenvalue weighted by atomic mass is 32.2. The first-order chi connectivity index (χ1) is 6.45. The summed E-state index contributed by atoms with van der Waals surface area (Å²) in [5.41, 5.74) is 0. The molecule has 1 rings (SSSR count). The number of hydrogen-bond donors (Lipinski definition) is 1. The number of furan rings is 1. The number of esters is 1. The summed E-state index contributed by atoms with van der Waals surface area (Å²) in [7, 11) is -4.40. The predicted octanol–water partition coefficient (Wildman–Crippen LogP) is 0.703. The van der Waals surface area contributed by atoms with Crippen LogP contribution in [0.15, 0.2) is 21.6 Å². The average Bonchev–Trinajstić information content (AvgIpc) is 2.51. The van der Waals surface area contributed by atoms with Gasteiger partial charge < -0.3 is 9.15 Å². The molecule has 0 amide bonds. The second kappa shape index (κ2) is 3.81. The van der Waals surface area contributed by atoms with E-state index in [-0.39, 0.29) is 12.4 Å². The lowest BCUT2D eigenvalue weighted by atomic mass is 10.5. The van der Waals surface area contributed by atoms with Gasteiger partial charge in [0.2, 0.25) is 10.9 Å². The van der Waals surface area contributed by atoms with Crippen LogP contribution < -0.4 is 0 Å². The van der Waals surface area contributed by atoms with E-state index in [1.165, 1.54) is 0 Å². The molecule has 1 heterocycles. The summed E-state index contributed by atoms with van der Waals surface area (Å²) >= 11 is 0. The average molecular weight is 220 g/mol. The van der Waals surface area contributed by atoms with Crippen LogP contribution in [0.25, 0.3) is 0 Å². The maximum absolute atomic E-state index is 11.0. The van der Waals surface area contributed by atoms with Crippen LogP contribution in [0.4, 0.5) is 0 Å². The molecule has 0 aliphatic heterocycles. The Morgan fingerprint density at radius 3 is 2.64 bits per heavy atom. The Morgan fingerprint density at radius 1 is 1.57 bits per heavy atom. The second-order valence-electron chi connectivity index (χ2n) is 2.31. The zero-order chi connectivity index (χ0) is 10.8. The van der Waals surface area contributed by atoms with Crippen molar-refractivity contribution in [2.45, 2.75) is 12.0 Å². The van der Waals surface area contributed by atoms with Gasteiger partial charge in [0.1, 0.15) is 0 Å². The van der Waals surface area contributed by atoms with Crippen molar-refractivity contribution in [3.8, 4) is 0 Å². The van der Waals surface area contributed by atoms with Crippen molar-refractivity contribution >= 4 is 16.1 Å². The van der Waals surface area contributed by atoms with Crippen molar-refractivity contribution in [2.75, 3.05) is 6.61 Å². The van der Waals surface area contributed by atoms with Crippen molar-refractivity contribution in [3.05, 3.63) is 17.9 Å². The molecule has 0 aromatic carbocycles. The molecule has 0 saturated heterocycles. The molecule has 0 fully saturated rings. The van der Waals surface area contributed by atoms with Gasteiger partial charge in [-0.3, -0.25) is 4.55 Å². The molecule has 1 aromatic heterocycles. The second-order valence-corrected chi connectivity index (χ2v) is 3.67. The van der Waals surface area contributed by atoms with Crippen molar-refractivity contribution in [1.82, 2.24) is 0 Å². The van der Waals surface area contributed by atoms with Crippen molar-refractivity contribution in [1.29, 1.82) is 0 Å². The van der Waals surface area contributed by atoms with Crippen LogP contribution >= 0.6 is 0 Å². The zero-order valence-corrected chi connectivity index (χ0v) is 8.08. The Morgan fingerprint density at radius 2 is 2.21 bits per heavy atom. The Labute approximate surface area is 80.2 Å². The highest BCUT2D eigenvalue weighted by molar-refractivity contribution is 7.85. The summed E-state index contributed by atoms with van der Waals surface area (Å²) in [6.45, 7) is 1.76. The Hall–Kier alpha value is -1.34. The normalized spacial score (nSPS) is 11.3. The fraction of sp³-hybridized carbons (Fsp3) is 0.286.